The van der Waals surface area contributed by atoms with Gasteiger partial charge in [0.15, 0.2) is 0 Å². The molecule has 0 aliphatic heterocycles. The lowest BCUT2D eigenvalue weighted by molar-refractivity contribution is -0.146. The van der Waals surface area contributed by atoms with Crippen LogP contribution in [0.1, 0.15) is 65.7 Å². The molecule has 20 heavy (non-hydrogen) atoms. The molecule has 0 heterocycles. The van der Waals surface area contributed by atoms with Crippen molar-refractivity contribution in [2.75, 3.05) is 13.1 Å². The molecule has 1 aliphatic carbocycles. The highest BCUT2D eigenvalue weighted by atomic mass is 16.2. The van der Waals surface area contributed by atoms with Gasteiger partial charge in [0.1, 0.15) is 0 Å². The predicted molar refractivity (Wildman–Crippen MR) is 81.3 cm³/mol. The van der Waals surface area contributed by atoms with Crippen molar-refractivity contribution in [1.82, 2.24) is 10.2 Å². The first-order valence-corrected chi connectivity index (χ1v) is 8.19. The van der Waals surface area contributed by atoms with Crippen LogP contribution in [-0.2, 0) is 9.59 Å². The van der Waals surface area contributed by atoms with Crippen LogP contribution < -0.4 is 5.32 Å². The van der Waals surface area contributed by atoms with Gasteiger partial charge < -0.3 is 10.2 Å². The molecule has 1 saturated carbocycles. The van der Waals surface area contributed by atoms with E-state index in [9.17, 15) is 9.59 Å². The molecule has 1 rings (SSSR count). The van der Waals surface area contributed by atoms with E-state index in [1.807, 2.05) is 6.92 Å². The molecule has 2 amide bonds. The SMILES string of the molecule is CCCCN(CCC)C(=O)C(=O)NC1CCCCC1C. The Morgan fingerprint density at radius 1 is 1.10 bits per heavy atom. The van der Waals surface area contributed by atoms with Crippen molar-refractivity contribution in [1.29, 1.82) is 0 Å². The minimum atomic E-state index is -0.409. The quantitative estimate of drug-likeness (QED) is 0.762. The van der Waals surface area contributed by atoms with Crippen LogP contribution in [0.5, 0.6) is 0 Å². The van der Waals surface area contributed by atoms with Crippen molar-refractivity contribution in [2.45, 2.75) is 71.8 Å². The van der Waals surface area contributed by atoms with Gasteiger partial charge in [-0.05, 0) is 31.6 Å². The Morgan fingerprint density at radius 3 is 2.40 bits per heavy atom. The summed E-state index contributed by atoms with van der Waals surface area (Å²) in [5, 5.41) is 2.95. The summed E-state index contributed by atoms with van der Waals surface area (Å²) in [5.74, 6) is -0.276. The molecular weight excluding hydrogens is 252 g/mol. The summed E-state index contributed by atoms with van der Waals surface area (Å²) in [4.78, 5) is 26.1. The van der Waals surface area contributed by atoms with Gasteiger partial charge in [0.25, 0.3) is 0 Å². The minimum absolute atomic E-state index is 0.176. The van der Waals surface area contributed by atoms with Crippen LogP contribution in [0.25, 0.3) is 0 Å². The van der Waals surface area contributed by atoms with Gasteiger partial charge in [0.05, 0.1) is 0 Å². The number of hydrogen-bond donors (Lipinski definition) is 1. The van der Waals surface area contributed by atoms with Gasteiger partial charge >= 0.3 is 11.8 Å². The number of carbonyl (C=O) groups is 2. The highest BCUT2D eigenvalue weighted by Crippen LogP contribution is 2.23. The molecule has 0 spiro atoms. The van der Waals surface area contributed by atoms with Crippen molar-refractivity contribution < 1.29 is 9.59 Å². The number of unbranched alkanes of at least 4 members (excludes halogenated alkanes) is 1. The molecule has 2 atom stereocenters. The Balaban J connectivity index is 2.52. The van der Waals surface area contributed by atoms with Crippen molar-refractivity contribution in [3.63, 3.8) is 0 Å². The zero-order valence-electron chi connectivity index (χ0n) is 13.3. The third-order valence-corrected chi connectivity index (χ3v) is 4.18. The summed E-state index contributed by atoms with van der Waals surface area (Å²) in [6.07, 6.45) is 7.42. The van der Waals surface area contributed by atoms with Crippen molar-refractivity contribution in [3.05, 3.63) is 0 Å². The second-order valence-electron chi connectivity index (χ2n) is 5.99. The number of hydrogen-bond acceptors (Lipinski definition) is 2. The number of amides is 2. The Morgan fingerprint density at radius 2 is 1.80 bits per heavy atom. The fourth-order valence-electron chi connectivity index (χ4n) is 2.84. The van der Waals surface area contributed by atoms with Crippen LogP contribution in [0.4, 0.5) is 0 Å². The van der Waals surface area contributed by atoms with E-state index in [0.29, 0.717) is 19.0 Å². The monoisotopic (exact) mass is 282 g/mol. The molecule has 2 unspecified atom stereocenters. The molecule has 0 radical (unpaired) electrons. The molecule has 0 aromatic rings. The summed E-state index contributed by atoms with van der Waals surface area (Å²) in [6.45, 7) is 7.66. The summed E-state index contributed by atoms with van der Waals surface area (Å²) < 4.78 is 0. The van der Waals surface area contributed by atoms with Gasteiger partial charge in [-0.2, -0.15) is 0 Å². The lowest BCUT2D eigenvalue weighted by atomic mass is 9.86. The van der Waals surface area contributed by atoms with Gasteiger partial charge in [-0.15, -0.1) is 0 Å². The van der Waals surface area contributed by atoms with Crippen molar-refractivity contribution in [3.8, 4) is 0 Å². The second-order valence-corrected chi connectivity index (χ2v) is 5.99. The van der Waals surface area contributed by atoms with Crippen LogP contribution in [0.2, 0.25) is 0 Å². The van der Waals surface area contributed by atoms with E-state index in [0.717, 1.165) is 38.5 Å². The van der Waals surface area contributed by atoms with Crippen LogP contribution in [-0.4, -0.2) is 35.8 Å². The Bertz CT molecular complexity index is 318. The molecule has 116 valence electrons. The summed E-state index contributed by atoms with van der Waals surface area (Å²) in [5.41, 5.74) is 0. The van der Waals surface area contributed by atoms with E-state index >= 15 is 0 Å². The average Bonchev–Trinajstić information content (AvgIpc) is 2.45. The third-order valence-electron chi connectivity index (χ3n) is 4.18. The van der Waals surface area contributed by atoms with Crippen LogP contribution >= 0.6 is 0 Å². The normalized spacial score (nSPS) is 22.4. The maximum absolute atomic E-state index is 12.2. The molecule has 0 aromatic carbocycles. The first-order chi connectivity index (χ1) is 9.60. The number of nitrogens with zero attached hydrogens (tertiary/aromatic N) is 1. The van der Waals surface area contributed by atoms with E-state index in [4.69, 9.17) is 0 Å². The molecule has 0 saturated heterocycles. The molecule has 0 bridgehead atoms. The van der Waals surface area contributed by atoms with Crippen LogP contribution in [0, 0.1) is 5.92 Å². The molecule has 1 fully saturated rings. The van der Waals surface area contributed by atoms with Crippen molar-refractivity contribution >= 4 is 11.8 Å². The zero-order chi connectivity index (χ0) is 15.0. The Labute approximate surface area is 123 Å². The largest absolute Gasteiger partial charge is 0.345 e. The molecule has 0 aromatic heterocycles. The highest BCUT2D eigenvalue weighted by Gasteiger charge is 2.27. The Hall–Kier alpha value is -1.06. The first-order valence-electron chi connectivity index (χ1n) is 8.19. The summed E-state index contributed by atoms with van der Waals surface area (Å²) in [6, 6.07) is 0.176. The fourth-order valence-corrected chi connectivity index (χ4v) is 2.84. The number of nitrogens with one attached hydrogen (secondary N) is 1. The molecule has 4 nitrogen and oxygen atoms in total. The summed E-state index contributed by atoms with van der Waals surface area (Å²) in [7, 11) is 0. The van der Waals surface area contributed by atoms with Crippen LogP contribution in [0.15, 0.2) is 0 Å². The van der Waals surface area contributed by atoms with Crippen molar-refractivity contribution in [2.24, 2.45) is 5.92 Å². The average molecular weight is 282 g/mol. The predicted octanol–water partition coefficient (Wildman–Crippen LogP) is 2.72. The topological polar surface area (TPSA) is 49.4 Å². The van der Waals surface area contributed by atoms with E-state index < -0.39 is 5.91 Å². The zero-order valence-corrected chi connectivity index (χ0v) is 13.3. The maximum atomic E-state index is 12.2. The van der Waals surface area contributed by atoms with E-state index in [1.165, 1.54) is 6.42 Å². The van der Waals surface area contributed by atoms with Gasteiger partial charge in [-0.3, -0.25) is 9.59 Å². The van der Waals surface area contributed by atoms with E-state index in [2.05, 4.69) is 19.2 Å². The molecular formula is C16H30N2O2. The third kappa shape index (κ3) is 5.14. The maximum Gasteiger partial charge on any atom is 0.311 e. The van der Waals surface area contributed by atoms with E-state index in [1.54, 1.807) is 4.90 Å². The smallest absolute Gasteiger partial charge is 0.311 e. The van der Waals surface area contributed by atoms with E-state index in [-0.39, 0.29) is 11.9 Å². The first kappa shape index (κ1) is 17.0. The summed E-state index contributed by atoms with van der Waals surface area (Å²) >= 11 is 0. The van der Waals surface area contributed by atoms with Gasteiger partial charge in [-0.1, -0.05) is 40.0 Å². The number of carbonyl (C=O) groups excluding carboxylic acids is 2. The molecule has 1 N–H and O–H groups in total. The van der Waals surface area contributed by atoms with Gasteiger partial charge in [0, 0.05) is 19.1 Å². The molecule has 4 heteroatoms. The lowest BCUT2D eigenvalue weighted by Gasteiger charge is -2.30. The minimum Gasteiger partial charge on any atom is -0.345 e. The van der Waals surface area contributed by atoms with Gasteiger partial charge in [0.2, 0.25) is 0 Å². The second kappa shape index (κ2) is 8.98. The lowest BCUT2D eigenvalue weighted by Crippen LogP contribution is -2.49. The fraction of sp³-hybridized carbons (Fsp3) is 0.875. The van der Waals surface area contributed by atoms with Gasteiger partial charge in [-0.25, -0.2) is 0 Å². The standard InChI is InChI=1S/C16H30N2O2/c1-4-6-12-18(11-5-2)16(20)15(19)17-14-10-8-7-9-13(14)3/h13-14H,4-12H2,1-3H3,(H,17,19). The highest BCUT2D eigenvalue weighted by molar-refractivity contribution is 6.35. The van der Waals surface area contributed by atoms with Crippen LogP contribution in [0.3, 0.4) is 0 Å². The molecule has 1 aliphatic rings. The number of rotatable bonds is 6. The Kier molecular flexibility index (Phi) is 7.63.